The zero-order chi connectivity index (χ0) is 15.2. The molecule has 2 rings (SSSR count). The number of aryl methyl sites for hydroxylation is 2. The average molecular weight is 287 g/mol. The highest BCUT2D eigenvalue weighted by molar-refractivity contribution is 5.95. The Labute approximate surface area is 128 Å². The van der Waals surface area contributed by atoms with Crippen LogP contribution in [0, 0.1) is 13.8 Å². The van der Waals surface area contributed by atoms with Gasteiger partial charge in [0.25, 0.3) is 5.91 Å². The largest absolute Gasteiger partial charge is 0.320 e. The van der Waals surface area contributed by atoms with Crippen molar-refractivity contribution in [2.45, 2.75) is 58.9 Å². The SMILES string of the molecule is CCC(C(=O)Nc1c(C)cccc1C)[N+]1=CCCCCC1. The normalized spacial score (nSPS) is 16.8. The van der Waals surface area contributed by atoms with Crippen molar-refractivity contribution in [3.63, 3.8) is 0 Å². The molecule has 1 aliphatic rings. The molecule has 0 aromatic heterocycles. The van der Waals surface area contributed by atoms with Crippen LogP contribution >= 0.6 is 0 Å². The molecule has 0 bridgehead atoms. The van der Waals surface area contributed by atoms with Gasteiger partial charge in [-0.05, 0) is 37.8 Å². The van der Waals surface area contributed by atoms with E-state index in [2.05, 4.69) is 23.0 Å². The van der Waals surface area contributed by atoms with E-state index in [-0.39, 0.29) is 11.9 Å². The minimum atomic E-state index is -0.0536. The van der Waals surface area contributed by atoms with Crippen LogP contribution in [0.15, 0.2) is 18.2 Å². The van der Waals surface area contributed by atoms with Crippen molar-refractivity contribution < 1.29 is 9.37 Å². The van der Waals surface area contributed by atoms with Crippen LogP contribution in [0.4, 0.5) is 5.69 Å². The smallest absolute Gasteiger partial charge is 0.292 e. The second-order valence-electron chi connectivity index (χ2n) is 5.95. The molecule has 114 valence electrons. The van der Waals surface area contributed by atoms with Gasteiger partial charge in [-0.1, -0.05) is 25.1 Å². The van der Waals surface area contributed by atoms with Crippen molar-refractivity contribution in [3.8, 4) is 0 Å². The van der Waals surface area contributed by atoms with Crippen LogP contribution in [-0.4, -0.2) is 29.3 Å². The van der Waals surface area contributed by atoms with E-state index < -0.39 is 0 Å². The van der Waals surface area contributed by atoms with Gasteiger partial charge >= 0.3 is 0 Å². The summed E-state index contributed by atoms with van der Waals surface area (Å²) in [6.07, 6.45) is 7.85. The number of nitrogens with one attached hydrogen (secondary N) is 1. The summed E-state index contributed by atoms with van der Waals surface area (Å²) in [6.45, 7) is 7.18. The highest BCUT2D eigenvalue weighted by atomic mass is 16.2. The lowest BCUT2D eigenvalue weighted by molar-refractivity contribution is -0.548. The molecule has 0 spiro atoms. The van der Waals surface area contributed by atoms with Crippen molar-refractivity contribution in [1.29, 1.82) is 0 Å². The fraction of sp³-hybridized carbons (Fsp3) is 0.556. The van der Waals surface area contributed by atoms with E-state index in [4.69, 9.17) is 0 Å². The molecule has 1 unspecified atom stereocenters. The first-order chi connectivity index (χ1) is 10.1. The van der Waals surface area contributed by atoms with Crippen LogP contribution in [0.3, 0.4) is 0 Å². The van der Waals surface area contributed by atoms with Crippen LogP contribution in [0.2, 0.25) is 0 Å². The molecule has 3 heteroatoms. The predicted molar refractivity (Wildman–Crippen MR) is 88.3 cm³/mol. The van der Waals surface area contributed by atoms with E-state index in [1.807, 2.05) is 32.0 Å². The molecule has 1 N–H and O–H groups in total. The van der Waals surface area contributed by atoms with Crippen molar-refractivity contribution >= 4 is 17.8 Å². The quantitative estimate of drug-likeness (QED) is 0.842. The molecular weight excluding hydrogens is 260 g/mol. The maximum Gasteiger partial charge on any atom is 0.292 e. The maximum absolute atomic E-state index is 12.7. The van der Waals surface area contributed by atoms with Crippen molar-refractivity contribution in [2.24, 2.45) is 0 Å². The number of hydrogen-bond acceptors (Lipinski definition) is 1. The number of para-hydroxylation sites is 1. The molecule has 1 aliphatic heterocycles. The molecule has 1 aromatic rings. The highest BCUT2D eigenvalue weighted by Crippen LogP contribution is 2.20. The second kappa shape index (κ2) is 7.39. The third-order valence-electron chi connectivity index (χ3n) is 4.30. The van der Waals surface area contributed by atoms with Gasteiger partial charge in [-0.15, -0.1) is 0 Å². The summed E-state index contributed by atoms with van der Waals surface area (Å²) in [5.41, 5.74) is 3.21. The fourth-order valence-corrected chi connectivity index (χ4v) is 3.04. The summed E-state index contributed by atoms with van der Waals surface area (Å²) in [6, 6.07) is 6.06. The van der Waals surface area contributed by atoms with E-state index in [0.717, 1.165) is 36.2 Å². The summed E-state index contributed by atoms with van der Waals surface area (Å²) in [4.78, 5) is 12.7. The Hall–Kier alpha value is -1.64. The Balaban J connectivity index is 2.15. The molecule has 0 aliphatic carbocycles. The molecule has 0 saturated heterocycles. The summed E-state index contributed by atoms with van der Waals surface area (Å²) >= 11 is 0. The van der Waals surface area contributed by atoms with E-state index in [1.54, 1.807) is 0 Å². The topological polar surface area (TPSA) is 32.1 Å². The number of amides is 1. The van der Waals surface area contributed by atoms with Crippen molar-refractivity contribution in [3.05, 3.63) is 29.3 Å². The van der Waals surface area contributed by atoms with E-state index >= 15 is 0 Å². The average Bonchev–Trinajstić information content (AvgIpc) is 2.73. The lowest BCUT2D eigenvalue weighted by Gasteiger charge is -2.16. The van der Waals surface area contributed by atoms with Gasteiger partial charge in [0.2, 0.25) is 6.04 Å². The Morgan fingerprint density at radius 3 is 2.62 bits per heavy atom. The van der Waals surface area contributed by atoms with Crippen molar-refractivity contribution in [1.82, 2.24) is 0 Å². The molecule has 0 radical (unpaired) electrons. The van der Waals surface area contributed by atoms with Crippen LogP contribution in [0.25, 0.3) is 0 Å². The van der Waals surface area contributed by atoms with Gasteiger partial charge in [-0.3, -0.25) is 4.79 Å². The Kier molecular flexibility index (Phi) is 5.54. The molecule has 0 saturated carbocycles. The third-order valence-corrected chi connectivity index (χ3v) is 4.30. The van der Waals surface area contributed by atoms with Crippen molar-refractivity contribution in [2.75, 3.05) is 11.9 Å². The Morgan fingerprint density at radius 1 is 1.24 bits per heavy atom. The monoisotopic (exact) mass is 287 g/mol. The number of anilines is 1. The van der Waals surface area contributed by atoms with Gasteiger partial charge in [0.15, 0.2) is 0 Å². The first-order valence-corrected chi connectivity index (χ1v) is 8.09. The summed E-state index contributed by atoms with van der Waals surface area (Å²) in [5, 5.41) is 3.15. The molecular formula is C18H27N2O+. The number of rotatable bonds is 4. The molecule has 1 atom stereocenters. The first-order valence-electron chi connectivity index (χ1n) is 8.09. The van der Waals surface area contributed by atoms with Crippen LogP contribution in [0.5, 0.6) is 0 Å². The molecule has 1 heterocycles. The number of carbonyl (C=O) groups is 1. The van der Waals surface area contributed by atoms with Gasteiger partial charge in [0, 0.05) is 24.9 Å². The molecule has 3 nitrogen and oxygen atoms in total. The van der Waals surface area contributed by atoms with E-state index in [1.165, 1.54) is 19.3 Å². The third kappa shape index (κ3) is 3.93. The van der Waals surface area contributed by atoms with E-state index in [9.17, 15) is 4.79 Å². The van der Waals surface area contributed by atoms with Crippen LogP contribution in [-0.2, 0) is 4.79 Å². The lowest BCUT2D eigenvalue weighted by atomic mass is 10.1. The van der Waals surface area contributed by atoms with Gasteiger partial charge in [0.1, 0.15) is 12.8 Å². The maximum atomic E-state index is 12.7. The molecule has 0 fully saturated rings. The molecule has 21 heavy (non-hydrogen) atoms. The zero-order valence-electron chi connectivity index (χ0n) is 13.5. The standard InChI is InChI=1S/C18H26N2O/c1-4-16(20-12-7-5-6-8-13-20)18(21)19-17-14(2)10-9-11-15(17)3/h9-12,16H,4-8,13H2,1-3H3/p+1. The molecule has 1 amide bonds. The van der Waals surface area contributed by atoms with E-state index in [0.29, 0.717) is 0 Å². The van der Waals surface area contributed by atoms with Gasteiger partial charge in [0.05, 0.1) is 0 Å². The minimum absolute atomic E-state index is 0.0536. The lowest BCUT2D eigenvalue weighted by Crippen LogP contribution is -2.39. The zero-order valence-corrected chi connectivity index (χ0v) is 13.5. The van der Waals surface area contributed by atoms with Crippen LogP contribution in [0.1, 0.15) is 50.2 Å². The van der Waals surface area contributed by atoms with Gasteiger partial charge < -0.3 is 5.32 Å². The number of benzene rings is 1. The number of nitrogens with zero attached hydrogens (tertiary/aromatic N) is 1. The second-order valence-corrected chi connectivity index (χ2v) is 5.95. The van der Waals surface area contributed by atoms with Gasteiger partial charge in [-0.25, -0.2) is 4.58 Å². The summed E-state index contributed by atoms with van der Waals surface area (Å²) in [5.74, 6) is 0.119. The predicted octanol–water partition coefficient (Wildman–Crippen LogP) is 3.68. The molecule has 1 aromatic carbocycles. The first kappa shape index (κ1) is 15.7. The Morgan fingerprint density at radius 2 is 1.95 bits per heavy atom. The minimum Gasteiger partial charge on any atom is -0.320 e. The highest BCUT2D eigenvalue weighted by Gasteiger charge is 2.28. The summed E-state index contributed by atoms with van der Waals surface area (Å²) in [7, 11) is 0. The van der Waals surface area contributed by atoms with Gasteiger partial charge in [-0.2, -0.15) is 0 Å². The summed E-state index contributed by atoms with van der Waals surface area (Å²) < 4.78 is 2.25. The Bertz CT molecular complexity index is 514. The number of hydrogen-bond donors (Lipinski definition) is 1. The van der Waals surface area contributed by atoms with Crippen LogP contribution < -0.4 is 5.32 Å². The number of carbonyl (C=O) groups excluding carboxylic acids is 1. The fourth-order valence-electron chi connectivity index (χ4n) is 3.04.